The van der Waals surface area contributed by atoms with Gasteiger partial charge in [-0.25, -0.2) is 9.78 Å². The van der Waals surface area contributed by atoms with Gasteiger partial charge in [-0.1, -0.05) is 13.3 Å². The Morgan fingerprint density at radius 2 is 2.32 bits per heavy atom. The van der Waals surface area contributed by atoms with E-state index < -0.39 is 6.03 Å². The van der Waals surface area contributed by atoms with Gasteiger partial charge >= 0.3 is 6.03 Å². The molecule has 0 saturated carbocycles. The summed E-state index contributed by atoms with van der Waals surface area (Å²) in [6.07, 6.45) is 6.01. The molecule has 0 unspecified atom stereocenters. The van der Waals surface area contributed by atoms with Crippen LogP contribution in [0.1, 0.15) is 25.5 Å². The van der Waals surface area contributed by atoms with E-state index in [2.05, 4.69) is 16.9 Å². The Morgan fingerprint density at radius 1 is 1.53 bits per heavy atom. The van der Waals surface area contributed by atoms with Crippen molar-refractivity contribution in [2.45, 2.75) is 26.2 Å². The highest BCUT2D eigenvalue weighted by atomic mass is 16.2. The van der Waals surface area contributed by atoms with Crippen molar-refractivity contribution >= 4 is 12.0 Å². The van der Waals surface area contributed by atoms with E-state index in [1.54, 1.807) is 17.3 Å². The maximum absolute atomic E-state index is 11.6. The maximum Gasteiger partial charge on any atom is 0.320 e. The number of nitrogens with one attached hydrogen (secondary N) is 1. The molecule has 1 aliphatic rings. The number of aromatic nitrogens is 2. The van der Waals surface area contributed by atoms with Gasteiger partial charge in [0.1, 0.15) is 6.67 Å². The molecule has 0 spiro atoms. The van der Waals surface area contributed by atoms with Gasteiger partial charge in [-0.05, 0) is 12.8 Å². The number of urea groups is 1. The van der Waals surface area contributed by atoms with Gasteiger partial charge in [-0.15, -0.1) is 0 Å². The molecule has 0 atom stereocenters. The fraction of sp³-hybridized carbons (Fsp3) is 0.417. The van der Waals surface area contributed by atoms with Crippen LogP contribution in [0, 0.1) is 0 Å². The van der Waals surface area contributed by atoms with Crippen molar-refractivity contribution in [3.63, 3.8) is 0 Å². The first-order chi connectivity index (χ1) is 9.10. The average Bonchev–Trinajstić information content (AvgIpc) is 2.85. The molecule has 2 rings (SSSR count). The highest BCUT2D eigenvalue weighted by molar-refractivity contribution is 5.74. The number of H-pyrrole nitrogens is 1. The summed E-state index contributed by atoms with van der Waals surface area (Å²) in [7, 11) is 0. The van der Waals surface area contributed by atoms with Gasteiger partial charge in [0.05, 0.1) is 0 Å². The largest absolute Gasteiger partial charge is 0.351 e. The maximum atomic E-state index is 11.6. The molecule has 0 fully saturated rings. The van der Waals surface area contributed by atoms with Crippen LogP contribution in [0.2, 0.25) is 0 Å². The van der Waals surface area contributed by atoms with Crippen LogP contribution in [0.25, 0.3) is 0 Å². The molecule has 0 radical (unpaired) electrons. The predicted molar refractivity (Wildman–Crippen MR) is 71.4 cm³/mol. The molecule has 1 aromatic rings. The Kier molecular flexibility index (Phi) is 3.84. The number of unbranched alkanes of at least 4 members (excludes halogenated alkanes) is 1. The van der Waals surface area contributed by atoms with Crippen molar-refractivity contribution in [1.82, 2.24) is 14.9 Å². The van der Waals surface area contributed by atoms with Gasteiger partial charge < -0.3 is 5.73 Å². The van der Waals surface area contributed by atoms with E-state index in [0.717, 1.165) is 25.0 Å². The zero-order valence-electron chi connectivity index (χ0n) is 10.8. The van der Waals surface area contributed by atoms with E-state index in [0.29, 0.717) is 5.95 Å². The van der Waals surface area contributed by atoms with Crippen LogP contribution in [0.3, 0.4) is 0 Å². The summed E-state index contributed by atoms with van der Waals surface area (Å²) >= 11 is 0. The molecule has 3 N–H and O–H groups in total. The third-order valence-electron chi connectivity index (χ3n) is 2.86. The Hall–Kier alpha value is -2.31. The van der Waals surface area contributed by atoms with Gasteiger partial charge in [0.2, 0.25) is 5.95 Å². The number of aryl methyl sites for hydroxylation is 1. The minimum atomic E-state index is -0.539. The molecule has 7 heteroatoms. The highest BCUT2D eigenvalue weighted by Gasteiger charge is 2.19. The molecule has 102 valence electrons. The molecule has 2 heterocycles. The van der Waals surface area contributed by atoms with Gasteiger partial charge in [-0.2, -0.15) is 0 Å². The number of carbonyl (C=O) groups is 1. The molecule has 1 aliphatic heterocycles. The molecule has 1 aromatic heterocycles. The molecular formula is C12H17N5O2. The number of anilines is 1. The molecular weight excluding hydrogens is 246 g/mol. The van der Waals surface area contributed by atoms with Crippen molar-refractivity contribution in [2.24, 2.45) is 5.73 Å². The van der Waals surface area contributed by atoms with Crippen LogP contribution in [-0.4, -0.2) is 27.6 Å². The number of nitrogens with zero attached hydrogens (tertiary/aromatic N) is 3. The van der Waals surface area contributed by atoms with Crippen LogP contribution in [-0.2, 0) is 6.42 Å². The van der Waals surface area contributed by atoms with Crippen LogP contribution < -0.4 is 16.2 Å². The normalized spacial score (nSPS) is 14.2. The lowest BCUT2D eigenvalue weighted by Crippen LogP contribution is -2.35. The first-order valence-electron chi connectivity index (χ1n) is 6.21. The minimum absolute atomic E-state index is 0.193. The first-order valence-corrected chi connectivity index (χ1v) is 6.21. The summed E-state index contributed by atoms with van der Waals surface area (Å²) in [6, 6.07) is 0.966. The van der Waals surface area contributed by atoms with Crippen molar-refractivity contribution < 1.29 is 4.79 Å². The smallest absolute Gasteiger partial charge is 0.320 e. The van der Waals surface area contributed by atoms with Crippen molar-refractivity contribution in [3.8, 4) is 0 Å². The molecule has 7 nitrogen and oxygen atoms in total. The lowest BCUT2D eigenvalue weighted by molar-refractivity contribution is 0.227. The molecule has 0 aromatic carbocycles. The Labute approximate surface area is 110 Å². The molecule has 19 heavy (non-hydrogen) atoms. The van der Waals surface area contributed by atoms with E-state index in [4.69, 9.17) is 5.73 Å². The standard InChI is InChI=1S/C12H17N5O2/c1-2-3-4-9-7-10(18)15-12(14-9)17-6-5-16(8-17)11(13)19/h5-7H,2-4,8H2,1H3,(H2,13,19)(H,14,15,18). The van der Waals surface area contributed by atoms with Crippen molar-refractivity contribution in [2.75, 3.05) is 11.6 Å². The van der Waals surface area contributed by atoms with E-state index >= 15 is 0 Å². The summed E-state index contributed by atoms with van der Waals surface area (Å²) in [4.78, 5) is 32.7. The topological polar surface area (TPSA) is 95.3 Å². The summed E-state index contributed by atoms with van der Waals surface area (Å²) in [5, 5.41) is 0. The van der Waals surface area contributed by atoms with Crippen molar-refractivity contribution in [1.29, 1.82) is 0 Å². The average molecular weight is 263 g/mol. The van der Waals surface area contributed by atoms with Crippen LogP contribution in [0.4, 0.5) is 10.7 Å². The first kappa shape index (κ1) is 13.1. The fourth-order valence-corrected chi connectivity index (χ4v) is 1.82. The van der Waals surface area contributed by atoms with E-state index in [1.807, 2.05) is 0 Å². The summed E-state index contributed by atoms with van der Waals surface area (Å²) in [5.41, 5.74) is 5.74. The monoisotopic (exact) mass is 263 g/mol. The second-order valence-corrected chi connectivity index (χ2v) is 4.38. The summed E-state index contributed by atoms with van der Waals surface area (Å²) in [6.45, 7) is 2.34. The number of hydrogen-bond donors (Lipinski definition) is 2. The quantitative estimate of drug-likeness (QED) is 0.837. The van der Waals surface area contributed by atoms with Gasteiger partial charge in [-0.3, -0.25) is 19.6 Å². The Balaban J connectivity index is 2.17. The summed E-state index contributed by atoms with van der Waals surface area (Å²) < 4.78 is 0. The zero-order valence-corrected chi connectivity index (χ0v) is 10.8. The second-order valence-electron chi connectivity index (χ2n) is 4.38. The lowest BCUT2D eigenvalue weighted by atomic mass is 10.2. The van der Waals surface area contributed by atoms with Gasteiger partial charge in [0.15, 0.2) is 0 Å². The number of hydrogen-bond acceptors (Lipinski definition) is 4. The number of aromatic amines is 1. The predicted octanol–water partition coefficient (Wildman–Crippen LogP) is 0.742. The number of amides is 2. The van der Waals surface area contributed by atoms with Crippen LogP contribution in [0.5, 0.6) is 0 Å². The third-order valence-corrected chi connectivity index (χ3v) is 2.86. The van der Waals surface area contributed by atoms with E-state index in [-0.39, 0.29) is 12.2 Å². The minimum Gasteiger partial charge on any atom is -0.351 e. The molecule has 0 saturated heterocycles. The van der Waals surface area contributed by atoms with Crippen LogP contribution >= 0.6 is 0 Å². The van der Waals surface area contributed by atoms with Crippen LogP contribution in [0.15, 0.2) is 23.3 Å². The highest BCUT2D eigenvalue weighted by Crippen LogP contribution is 2.14. The molecule has 2 amide bonds. The summed E-state index contributed by atoms with van der Waals surface area (Å²) in [5.74, 6) is 0.429. The number of primary amides is 1. The molecule has 0 bridgehead atoms. The number of nitrogens with two attached hydrogens (primary N) is 1. The molecule has 0 aliphatic carbocycles. The van der Waals surface area contributed by atoms with Gasteiger partial charge in [0, 0.05) is 24.2 Å². The lowest BCUT2D eigenvalue weighted by Gasteiger charge is -2.17. The van der Waals surface area contributed by atoms with Crippen molar-refractivity contribution in [3.05, 3.63) is 34.5 Å². The van der Waals surface area contributed by atoms with E-state index in [1.165, 1.54) is 11.0 Å². The fourth-order valence-electron chi connectivity index (χ4n) is 1.82. The zero-order chi connectivity index (χ0) is 13.8. The number of carbonyl (C=O) groups excluding carboxylic acids is 1. The SMILES string of the molecule is CCCCc1cc(=O)[nH]c(N2C=CN(C(N)=O)C2)n1. The van der Waals surface area contributed by atoms with Gasteiger partial charge in [0.25, 0.3) is 5.56 Å². The Bertz CT molecular complexity index is 551. The third kappa shape index (κ3) is 3.12. The number of rotatable bonds is 4. The second kappa shape index (κ2) is 5.55. The Morgan fingerprint density at radius 3 is 2.95 bits per heavy atom. The van der Waals surface area contributed by atoms with E-state index in [9.17, 15) is 9.59 Å².